The fourth-order valence-corrected chi connectivity index (χ4v) is 3.15. The van der Waals surface area contributed by atoms with Crippen molar-refractivity contribution in [3.05, 3.63) is 76.5 Å². The Morgan fingerprint density at radius 1 is 1.15 bits per heavy atom. The summed E-state index contributed by atoms with van der Waals surface area (Å²) >= 11 is 0. The zero-order valence-corrected chi connectivity index (χ0v) is 18.0. The van der Waals surface area contributed by atoms with Crippen LogP contribution in [0.2, 0.25) is 0 Å². The van der Waals surface area contributed by atoms with E-state index in [1.807, 2.05) is 0 Å². The molecule has 1 amide bonds. The molecule has 1 unspecified atom stereocenters. The van der Waals surface area contributed by atoms with Gasteiger partial charge in [-0.15, -0.1) is 0 Å². The number of aldehydes is 1. The number of hydrogen-bond acceptors (Lipinski definition) is 6. The first-order valence-corrected chi connectivity index (χ1v) is 9.82. The Balaban J connectivity index is 1.89. The van der Waals surface area contributed by atoms with E-state index in [0.29, 0.717) is 23.0 Å². The van der Waals surface area contributed by atoms with Gasteiger partial charge >= 0.3 is 5.97 Å². The van der Waals surface area contributed by atoms with Gasteiger partial charge in [0, 0.05) is 12.6 Å². The van der Waals surface area contributed by atoms with Crippen LogP contribution in [0.5, 0.6) is 11.6 Å². The lowest BCUT2D eigenvalue weighted by Gasteiger charge is -2.16. The number of methoxy groups -OCH3 is 1. The molecule has 1 N–H and O–H groups in total. The molecule has 172 valence electrons. The summed E-state index contributed by atoms with van der Waals surface area (Å²) in [5.41, 5.74) is 0.144. The van der Waals surface area contributed by atoms with Crippen LogP contribution in [0.1, 0.15) is 61.7 Å². The minimum Gasteiger partial charge on any atom is -0.465 e. The highest BCUT2D eigenvalue weighted by Gasteiger charge is 2.30. The zero-order chi connectivity index (χ0) is 24.1. The number of aryl methyl sites for hydroxylation is 1. The third kappa shape index (κ3) is 5.22. The predicted molar refractivity (Wildman–Crippen MR) is 114 cm³/mol. The quantitative estimate of drug-likeness (QED) is 0.401. The smallest absolute Gasteiger partial charge is 0.337 e. The number of hydrogen-bond donors (Lipinski definition) is 1. The van der Waals surface area contributed by atoms with Crippen LogP contribution in [0.15, 0.2) is 48.5 Å². The topological polar surface area (TPSA) is 99.5 Å². The van der Waals surface area contributed by atoms with Gasteiger partial charge in [-0.3, -0.25) is 9.59 Å². The van der Waals surface area contributed by atoms with Crippen LogP contribution < -0.4 is 10.1 Å². The van der Waals surface area contributed by atoms with Crippen LogP contribution >= 0.6 is 0 Å². The van der Waals surface area contributed by atoms with Gasteiger partial charge in [-0.2, -0.15) is 5.10 Å². The van der Waals surface area contributed by atoms with Gasteiger partial charge in [-0.25, -0.2) is 18.3 Å². The maximum Gasteiger partial charge on any atom is 0.337 e. The average molecular weight is 457 g/mol. The SMILES string of the molecule is COC(=O)c1ccc(C(C)NC(=O)c2c(C(F)F)nn(C)c2Oc2cccc(C=O)c2)cc1. The number of carbonyl (C=O) groups is 3. The van der Waals surface area contributed by atoms with Crippen LogP contribution in [-0.4, -0.2) is 35.1 Å². The van der Waals surface area contributed by atoms with Crippen molar-refractivity contribution in [3.63, 3.8) is 0 Å². The van der Waals surface area contributed by atoms with E-state index in [4.69, 9.17) is 4.74 Å². The second-order valence-electron chi connectivity index (χ2n) is 7.09. The normalized spacial score (nSPS) is 11.7. The minimum absolute atomic E-state index is 0.184. The third-order valence-electron chi connectivity index (χ3n) is 4.84. The predicted octanol–water partition coefficient (Wildman–Crippen LogP) is 4.24. The molecule has 0 bridgehead atoms. The largest absolute Gasteiger partial charge is 0.465 e. The fourth-order valence-electron chi connectivity index (χ4n) is 3.15. The van der Waals surface area contributed by atoms with Gasteiger partial charge in [-0.05, 0) is 36.8 Å². The Morgan fingerprint density at radius 2 is 1.85 bits per heavy atom. The molecule has 1 atom stereocenters. The van der Waals surface area contributed by atoms with Gasteiger partial charge in [0.2, 0.25) is 5.88 Å². The molecule has 8 nitrogen and oxygen atoms in total. The number of aromatic nitrogens is 2. The molecule has 0 spiro atoms. The Morgan fingerprint density at radius 3 is 2.45 bits per heavy atom. The first kappa shape index (κ1) is 23.6. The number of halogens is 2. The van der Waals surface area contributed by atoms with Crippen LogP contribution in [0, 0.1) is 0 Å². The number of nitrogens with one attached hydrogen (secondary N) is 1. The highest BCUT2D eigenvalue weighted by Crippen LogP contribution is 2.33. The molecule has 33 heavy (non-hydrogen) atoms. The molecule has 2 aromatic carbocycles. The van der Waals surface area contributed by atoms with E-state index in [2.05, 4.69) is 15.2 Å². The summed E-state index contributed by atoms with van der Waals surface area (Å²) < 4.78 is 38.7. The summed E-state index contributed by atoms with van der Waals surface area (Å²) in [7, 11) is 2.64. The van der Waals surface area contributed by atoms with Crippen LogP contribution in [0.4, 0.5) is 8.78 Å². The number of amides is 1. The van der Waals surface area contributed by atoms with E-state index in [0.717, 1.165) is 4.68 Å². The van der Waals surface area contributed by atoms with Gasteiger partial charge in [0.1, 0.15) is 23.3 Å². The van der Waals surface area contributed by atoms with Crippen molar-refractivity contribution in [1.29, 1.82) is 0 Å². The number of ether oxygens (including phenoxy) is 2. The number of esters is 1. The molecule has 0 saturated heterocycles. The zero-order valence-electron chi connectivity index (χ0n) is 18.0. The van der Waals surface area contributed by atoms with E-state index in [1.54, 1.807) is 31.2 Å². The number of nitrogens with zero attached hydrogens (tertiary/aromatic N) is 2. The second kappa shape index (κ2) is 10.0. The summed E-state index contributed by atoms with van der Waals surface area (Å²) in [4.78, 5) is 35.6. The molecule has 1 aromatic heterocycles. The lowest BCUT2D eigenvalue weighted by molar-refractivity contribution is 0.0600. The van der Waals surface area contributed by atoms with Crippen molar-refractivity contribution in [2.45, 2.75) is 19.4 Å². The van der Waals surface area contributed by atoms with Crippen molar-refractivity contribution in [3.8, 4) is 11.6 Å². The van der Waals surface area contributed by atoms with Gasteiger partial charge in [0.15, 0.2) is 0 Å². The highest BCUT2D eigenvalue weighted by molar-refractivity contribution is 5.98. The lowest BCUT2D eigenvalue weighted by Crippen LogP contribution is -2.27. The van der Waals surface area contributed by atoms with Crippen LogP contribution in [0.25, 0.3) is 0 Å². The van der Waals surface area contributed by atoms with Gasteiger partial charge in [-0.1, -0.05) is 24.3 Å². The number of benzene rings is 2. The summed E-state index contributed by atoms with van der Waals surface area (Å²) in [5.74, 6) is -1.33. The first-order chi connectivity index (χ1) is 15.7. The number of rotatable bonds is 8. The van der Waals surface area contributed by atoms with Gasteiger partial charge in [0.05, 0.1) is 18.7 Å². The van der Waals surface area contributed by atoms with Crippen molar-refractivity contribution in [2.24, 2.45) is 7.05 Å². The molecule has 3 rings (SSSR count). The maximum atomic E-state index is 13.7. The Labute approximate surface area is 188 Å². The minimum atomic E-state index is -3.02. The Hall–Kier alpha value is -4.08. The van der Waals surface area contributed by atoms with Gasteiger partial charge in [0.25, 0.3) is 12.3 Å². The van der Waals surface area contributed by atoms with E-state index < -0.39 is 35.6 Å². The van der Waals surface area contributed by atoms with E-state index in [1.165, 1.54) is 38.4 Å². The number of carbonyl (C=O) groups excluding carboxylic acids is 3. The molecule has 0 aliphatic carbocycles. The number of alkyl halides is 2. The van der Waals surface area contributed by atoms with E-state index >= 15 is 0 Å². The molecule has 0 saturated carbocycles. The monoisotopic (exact) mass is 457 g/mol. The first-order valence-electron chi connectivity index (χ1n) is 9.82. The molecule has 1 heterocycles. The maximum absolute atomic E-state index is 13.7. The van der Waals surface area contributed by atoms with E-state index in [-0.39, 0.29) is 11.6 Å². The molecular formula is C23H21F2N3O5. The van der Waals surface area contributed by atoms with E-state index in [9.17, 15) is 23.2 Å². The molecule has 10 heteroatoms. The summed E-state index contributed by atoms with van der Waals surface area (Å²) in [6.45, 7) is 1.66. The molecular weight excluding hydrogens is 436 g/mol. The van der Waals surface area contributed by atoms with Crippen molar-refractivity contribution < 1.29 is 32.6 Å². The van der Waals surface area contributed by atoms with Crippen molar-refractivity contribution in [2.75, 3.05) is 7.11 Å². The van der Waals surface area contributed by atoms with Crippen molar-refractivity contribution in [1.82, 2.24) is 15.1 Å². The molecule has 3 aromatic rings. The Kier molecular flexibility index (Phi) is 7.17. The van der Waals surface area contributed by atoms with Gasteiger partial charge < -0.3 is 14.8 Å². The summed E-state index contributed by atoms with van der Waals surface area (Å²) in [6.07, 6.45) is -2.41. The third-order valence-corrected chi connectivity index (χ3v) is 4.84. The average Bonchev–Trinajstić information content (AvgIpc) is 3.15. The highest BCUT2D eigenvalue weighted by atomic mass is 19.3. The van der Waals surface area contributed by atoms with Crippen molar-refractivity contribution >= 4 is 18.2 Å². The van der Waals surface area contributed by atoms with Crippen LogP contribution in [-0.2, 0) is 11.8 Å². The summed E-state index contributed by atoms with van der Waals surface area (Å²) in [6, 6.07) is 11.8. The molecule has 0 aliphatic heterocycles. The van der Waals surface area contributed by atoms with Crippen LogP contribution in [0.3, 0.4) is 0 Å². The second-order valence-corrected chi connectivity index (χ2v) is 7.09. The fraction of sp³-hybridized carbons (Fsp3) is 0.217. The summed E-state index contributed by atoms with van der Waals surface area (Å²) in [5, 5.41) is 6.40. The Bertz CT molecular complexity index is 1180. The molecule has 0 aliphatic rings. The molecule has 0 fully saturated rings. The molecule has 0 radical (unpaired) electrons. The lowest BCUT2D eigenvalue weighted by atomic mass is 10.1. The standard InChI is InChI=1S/C23H21F2N3O5/c1-13(15-7-9-16(10-8-15)23(31)32-3)26-21(30)18-19(20(24)25)27-28(2)22(18)33-17-6-4-5-14(11-17)12-29/h4-13,20H,1-3H3,(H,26,30).